The van der Waals surface area contributed by atoms with Gasteiger partial charge in [-0.05, 0) is 44.5 Å². The normalized spacial score (nSPS) is 11.3. The Morgan fingerprint density at radius 2 is 1.44 bits per heavy atom. The van der Waals surface area contributed by atoms with Crippen molar-refractivity contribution in [1.82, 2.24) is 0 Å². The second-order valence-electron chi connectivity index (χ2n) is 4.95. The summed E-state index contributed by atoms with van der Waals surface area (Å²) in [7, 11) is 0. The average molecular weight is 246 g/mol. The fourth-order valence-corrected chi connectivity index (χ4v) is 2.30. The third-order valence-electron chi connectivity index (χ3n) is 3.31. The fraction of sp³-hybridized carbons (Fsp3) is 0.500. The van der Waals surface area contributed by atoms with E-state index in [1.54, 1.807) is 0 Å². The molecule has 0 atom stereocenters. The Balaban J connectivity index is 2.17. The molecule has 0 saturated heterocycles. The summed E-state index contributed by atoms with van der Waals surface area (Å²) in [4.78, 5) is 0. The van der Waals surface area contributed by atoms with Crippen LogP contribution >= 0.6 is 0 Å². The molecule has 18 heavy (non-hydrogen) atoms. The topological polar surface area (TPSA) is 26.3 Å². The van der Waals surface area contributed by atoms with E-state index in [-0.39, 0.29) is 5.92 Å². The van der Waals surface area contributed by atoms with Gasteiger partial charge in [0.05, 0.1) is 5.92 Å². The summed E-state index contributed by atoms with van der Waals surface area (Å²) in [5, 5.41) is 0. The number of hydrogen-bond donors (Lipinski definition) is 0. The highest BCUT2D eigenvalue weighted by Gasteiger charge is 2.20. The molecule has 0 unspecified atom stereocenters. The first-order valence-electron chi connectivity index (χ1n) is 6.83. The second kappa shape index (κ2) is 5.94. The molecular formula is C16H22O2. The van der Waals surface area contributed by atoms with E-state index >= 15 is 0 Å². The first-order chi connectivity index (χ1) is 8.70. The van der Waals surface area contributed by atoms with Crippen molar-refractivity contribution in [3.8, 4) is 0 Å². The van der Waals surface area contributed by atoms with Crippen LogP contribution in [0.5, 0.6) is 0 Å². The van der Waals surface area contributed by atoms with Crippen molar-refractivity contribution in [1.29, 1.82) is 0 Å². The minimum absolute atomic E-state index is 0.263. The van der Waals surface area contributed by atoms with E-state index in [0.29, 0.717) is 0 Å². The molecule has 0 spiro atoms. The zero-order valence-electron chi connectivity index (χ0n) is 11.5. The smallest absolute Gasteiger partial charge is 0.114 e. The Hall–Kier alpha value is -1.44. The summed E-state index contributed by atoms with van der Waals surface area (Å²) in [6.07, 6.45) is 4.80. The van der Waals surface area contributed by atoms with Crippen LogP contribution in [0.3, 0.4) is 0 Å². The molecule has 0 aliphatic carbocycles. The van der Waals surface area contributed by atoms with Crippen LogP contribution in [0.2, 0.25) is 0 Å². The minimum atomic E-state index is 0.263. The van der Waals surface area contributed by atoms with Crippen LogP contribution in [0.4, 0.5) is 0 Å². The largest absolute Gasteiger partial charge is 0.466 e. The number of furan rings is 2. The highest BCUT2D eigenvalue weighted by Crippen LogP contribution is 2.32. The number of hydrogen-bond acceptors (Lipinski definition) is 2. The standard InChI is InChI=1S/C16H22O2/c1-4-5-6-7-14(15-10-8-12(2)17-15)16-11-9-13(3)18-16/h8-11,14H,4-7H2,1-3H3. The van der Waals surface area contributed by atoms with Gasteiger partial charge in [0.2, 0.25) is 0 Å². The quantitative estimate of drug-likeness (QED) is 0.655. The summed E-state index contributed by atoms with van der Waals surface area (Å²) in [5.41, 5.74) is 0. The van der Waals surface area contributed by atoms with Gasteiger partial charge < -0.3 is 8.83 Å². The third kappa shape index (κ3) is 3.06. The van der Waals surface area contributed by atoms with Crippen molar-refractivity contribution in [3.63, 3.8) is 0 Å². The second-order valence-corrected chi connectivity index (χ2v) is 4.95. The van der Waals surface area contributed by atoms with E-state index in [2.05, 4.69) is 19.1 Å². The van der Waals surface area contributed by atoms with Crippen molar-refractivity contribution < 1.29 is 8.83 Å². The van der Waals surface area contributed by atoms with Gasteiger partial charge in [0.15, 0.2) is 0 Å². The van der Waals surface area contributed by atoms with E-state index in [1.807, 2.05) is 26.0 Å². The van der Waals surface area contributed by atoms with Crippen LogP contribution in [0.15, 0.2) is 33.1 Å². The van der Waals surface area contributed by atoms with Gasteiger partial charge in [-0.1, -0.05) is 26.2 Å². The maximum Gasteiger partial charge on any atom is 0.114 e. The van der Waals surface area contributed by atoms with E-state index in [1.165, 1.54) is 19.3 Å². The highest BCUT2D eigenvalue weighted by atomic mass is 16.4. The predicted octanol–water partition coefficient (Wildman–Crippen LogP) is 5.20. The van der Waals surface area contributed by atoms with Gasteiger partial charge in [-0.2, -0.15) is 0 Å². The fourth-order valence-electron chi connectivity index (χ4n) is 2.30. The van der Waals surface area contributed by atoms with Crippen LogP contribution < -0.4 is 0 Å². The van der Waals surface area contributed by atoms with Crippen LogP contribution in [0.1, 0.15) is 61.6 Å². The first kappa shape index (κ1) is 13.0. The molecule has 0 N–H and O–H groups in total. The molecule has 0 fully saturated rings. The Morgan fingerprint density at radius 3 is 1.83 bits per heavy atom. The summed E-state index contributed by atoms with van der Waals surface area (Å²) in [5.74, 6) is 4.25. The molecule has 0 bridgehead atoms. The van der Waals surface area contributed by atoms with Crippen molar-refractivity contribution in [3.05, 3.63) is 47.3 Å². The van der Waals surface area contributed by atoms with Crippen LogP contribution in [0, 0.1) is 13.8 Å². The van der Waals surface area contributed by atoms with Gasteiger partial charge in [-0.15, -0.1) is 0 Å². The van der Waals surface area contributed by atoms with Crippen molar-refractivity contribution in [2.45, 2.75) is 52.4 Å². The van der Waals surface area contributed by atoms with Crippen molar-refractivity contribution >= 4 is 0 Å². The van der Waals surface area contributed by atoms with Gasteiger partial charge >= 0.3 is 0 Å². The lowest BCUT2D eigenvalue weighted by Gasteiger charge is -2.11. The summed E-state index contributed by atoms with van der Waals surface area (Å²) in [6, 6.07) is 8.20. The van der Waals surface area contributed by atoms with Crippen LogP contribution in [-0.2, 0) is 0 Å². The van der Waals surface area contributed by atoms with Gasteiger partial charge in [0.25, 0.3) is 0 Å². The Labute approximate surface area is 109 Å². The lowest BCUT2D eigenvalue weighted by molar-refractivity contribution is 0.391. The molecule has 2 aromatic rings. The number of rotatable bonds is 6. The van der Waals surface area contributed by atoms with E-state index in [0.717, 1.165) is 29.5 Å². The van der Waals surface area contributed by atoms with Gasteiger partial charge in [-0.25, -0.2) is 0 Å². The zero-order valence-corrected chi connectivity index (χ0v) is 11.5. The van der Waals surface area contributed by atoms with Gasteiger partial charge in [0.1, 0.15) is 23.0 Å². The number of unbranched alkanes of at least 4 members (excludes halogenated alkanes) is 2. The predicted molar refractivity (Wildman–Crippen MR) is 72.9 cm³/mol. The molecule has 2 nitrogen and oxygen atoms in total. The highest BCUT2D eigenvalue weighted by molar-refractivity contribution is 5.22. The molecule has 2 heteroatoms. The molecule has 0 radical (unpaired) electrons. The lowest BCUT2D eigenvalue weighted by Crippen LogP contribution is -1.98. The average Bonchev–Trinajstić information content (AvgIpc) is 2.94. The molecule has 0 aromatic carbocycles. The third-order valence-corrected chi connectivity index (χ3v) is 3.31. The zero-order chi connectivity index (χ0) is 13.0. The van der Waals surface area contributed by atoms with E-state index in [9.17, 15) is 0 Å². The summed E-state index contributed by atoms with van der Waals surface area (Å²) in [6.45, 7) is 6.20. The Kier molecular flexibility index (Phi) is 4.29. The SMILES string of the molecule is CCCCCC(c1ccc(C)o1)c1ccc(C)o1. The maximum atomic E-state index is 5.78. The van der Waals surface area contributed by atoms with Gasteiger partial charge in [-0.3, -0.25) is 0 Å². The van der Waals surface area contributed by atoms with Gasteiger partial charge in [0, 0.05) is 0 Å². The first-order valence-corrected chi connectivity index (χ1v) is 6.83. The molecule has 0 amide bonds. The Bertz CT molecular complexity index is 439. The number of aryl methyl sites for hydroxylation is 2. The van der Waals surface area contributed by atoms with Crippen LogP contribution in [0.25, 0.3) is 0 Å². The molecule has 0 aliphatic rings. The molecule has 98 valence electrons. The summed E-state index contributed by atoms with van der Waals surface area (Å²) >= 11 is 0. The minimum Gasteiger partial charge on any atom is -0.466 e. The van der Waals surface area contributed by atoms with E-state index in [4.69, 9.17) is 8.83 Å². The van der Waals surface area contributed by atoms with E-state index < -0.39 is 0 Å². The molecule has 0 saturated carbocycles. The van der Waals surface area contributed by atoms with Crippen LogP contribution in [-0.4, -0.2) is 0 Å². The molecular weight excluding hydrogens is 224 g/mol. The van der Waals surface area contributed by atoms with Crippen molar-refractivity contribution in [2.24, 2.45) is 0 Å². The summed E-state index contributed by atoms with van der Waals surface area (Å²) < 4.78 is 11.6. The molecule has 2 rings (SSSR count). The van der Waals surface area contributed by atoms with Crippen molar-refractivity contribution in [2.75, 3.05) is 0 Å². The maximum absolute atomic E-state index is 5.78. The molecule has 2 heterocycles. The molecule has 0 aliphatic heterocycles. The lowest BCUT2D eigenvalue weighted by atomic mass is 9.96. The monoisotopic (exact) mass is 246 g/mol. The molecule has 2 aromatic heterocycles. The Morgan fingerprint density at radius 1 is 0.889 bits per heavy atom.